The number of aliphatic hydroxyl groups is 1. The molecule has 0 unspecified atom stereocenters. The Bertz CT molecular complexity index is 912. The number of nitrogens with one attached hydrogen (secondary N) is 1. The van der Waals surface area contributed by atoms with Crippen LogP contribution in [0.5, 0.6) is 0 Å². The highest BCUT2D eigenvalue weighted by molar-refractivity contribution is 5.94. The smallest absolute Gasteiger partial charge is 0.255 e. The van der Waals surface area contributed by atoms with Crippen LogP contribution in [0.15, 0.2) is 46.1 Å². The molecule has 1 saturated heterocycles. The third-order valence-electron chi connectivity index (χ3n) is 5.30. The van der Waals surface area contributed by atoms with Crippen molar-refractivity contribution in [3.63, 3.8) is 0 Å². The standard InChI is InChI=1S/C18H19N3O4/c22-10-15-13-6-12(14-2-1-3-17(24)21(14)15)8-20(9-13)18(25)11-4-5-16(23)19-7-11/h1-5,7,12-13,15,22H,6,8-10H2,(H,19,23)/t12-,13+,15+/m1/s1. The molecule has 3 atom stereocenters. The van der Waals surface area contributed by atoms with Gasteiger partial charge in [-0.2, -0.15) is 0 Å². The van der Waals surface area contributed by atoms with Gasteiger partial charge >= 0.3 is 0 Å². The van der Waals surface area contributed by atoms with Crippen LogP contribution in [0.2, 0.25) is 0 Å². The Morgan fingerprint density at radius 2 is 2.04 bits per heavy atom. The topological polar surface area (TPSA) is 95.4 Å². The molecule has 25 heavy (non-hydrogen) atoms. The molecule has 2 bridgehead atoms. The Hall–Kier alpha value is -2.67. The normalized spacial score (nSPS) is 24.7. The Labute approximate surface area is 143 Å². The Balaban J connectivity index is 1.69. The van der Waals surface area contributed by atoms with Gasteiger partial charge in [0.2, 0.25) is 5.56 Å². The van der Waals surface area contributed by atoms with Crippen LogP contribution >= 0.6 is 0 Å². The van der Waals surface area contributed by atoms with Gasteiger partial charge in [-0.25, -0.2) is 0 Å². The van der Waals surface area contributed by atoms with Crippen molar-refractivity contribution >= 4 is 5.91 Å². The summed E-state index contributed by atoms with van der Waals surface area (Å²) < 4.78 is 1.70. The molecule has 0 spiro atoms. The minimum Gasteiger partial charge on any atom is -0.394 e. The number of pyridine rings is 2. The van der Waals surface area contributed by atoms with Gasteiger partial charge in [-0.15, -0.1) is 0 Å². The molecule has 0 aliphatic carbocycles. The van der Waals surface area contributed by atoms with Gasteiger partial charge in [-0.3, -0.25) is 14.4 Å². The molecule has 2 aliphatic heterocycles. The van der Waals surface area contributed by atoms with Gasteiger partial charge in [0.25, 0.3) is 11.5 Å². The number of likely N-dealkylation sites (tertiary alicyclic amines) is 1. The summed E-state index contributed by atoms with van der Waals surface area (Å²) >= 11 is 0. The van der Waals surface area contributed by atoms with Gasteiger partial charge in [0, 0.05) is 48.9 Å². The van der Waals surface area contributed by atoms with E-state index in [1.54, 1.807) is 15.5 Å². The van der Waals surface area contributed by atoms with Crippen molar-refractivity contribution in [2.45, 2.75) is 18.4 Å². The zero-order valence-corrected chi connectivity index (χ0v) is 13.6. The van der Waals surface area contributed by atoms with Crippen LogP contribution in [0.25, 0.3) is 0 Å². The van der Waals surface area contributed by atoms with Crippen molar-refractivity contribution in [1.82, 2.24) is 14.5 Å². The van der Waals surface area contributed by atoms with Gasteiger partial charge in [0.15, 0.2) is 0 Å². The average Bonchev–Trinajstić information content (AvgIpc) is 2.63. The van der Waals surface area contributed by atoms with E-state index in [2.05, 4.69) is 4.98 Å². The zero-order valence-electron chi connectivity index (χ0n) is 13.6. The predicted molar refractivity (Wildman–Crippen MR) is 90.6 cm³/mol. The monoisotopic (exact) mass is 341 g/mol. The third-order valence-corrected chi connectivity index (χ3v) is 5.30. The minimum atomic E-state index is -0.314. The molecule has 0 radical (unpaired) electrons. The van der Waals surface area contributed by atoms with Crippen LogP contribution in [0.1, 0.15) is 34.4 Å². The number of carbonyl (C=O) groups excluding carboxylic acids is 1. The van der Waals surface area contributed by atoms with E-state index in [0.29, 0.717) is 18.7 Å². The molecule has 2 N–H and O–H groups in total. The number of piperidine rings is 1. The number of hydrogen-bond donors (Lipinski definition) is 2. The van der Waals surface area contributed by atoms with E-state index in [9.17, 15) is 19.5 Å². The summed E-state index contributed by atoms with van der Waals surface area (Å²) in [5, 5.41) is 9.84. The lowest BCUT2D eigenvalue weighted by atomic mass is 9.78. The minimum absolute atomic E-state index is 0.0306. The van der Waals surface area contributed by atoms with E-state index in [1.807, 2.05) is 6.07 Å². The molecule has 1 amide bonds. The lowest BCUT2D eigenvalue weighted by Crippen LogP contribution is -2.51. The molecule has 7 nitrogen and oxygen atoms in total. The van der Waals surface area contributed by atoms with Gasteiger partial charge in [-0.05, 0) is 18.6 Å². The van der Waals surface area contributed by atoms with Crippen LogP contribution in [0.4, 0.5) is 0 Å². The first kappa shape index (κ1) is 15.8. The third kappa shape index (κ3) is 2.60. The first-order valence-electron chi connectivity index (χ1n) is 8.39. The molecule has 130 valence electrons. The van der Waals surface area contributed by atoms with Crippen LogP contribution < -0.4 is 11.1 Å². The zero-order chi connectivity index (χ0) is 17.6. The second-order valence-corrected chi connectivity index (χ2v) is 6.75. The van der Waals surface area contributed by atoms with Crippen LogP contribution in [-0.4, -0.2) is 45.2 Å². The second-order valence-electron chi connectivity index (χ2n) is 6.75. The molecule has 4 rings (SSSR count). The highest BCUT2D eigenvalue weighted by atomic mass is 16.3. The lowest BCUT2D eigenvalue weighted by molar-refractivity contribution is 0.0437. The number of fused-ring (bicyclic) bond motifs is 4. The maximum Gasteiger partial charge on any atom is 0.255 e. The Morgan fingerprint density at radius 1 is 1.20 bits per heavy atom. The van der Waals surface area contributed by atoms with E-state index in [0.717, 1.165) is 12.1 Å². The fourth-order valence-corrected chi connectivity index (χ4v) is 4.17. The molecule has 2 aromatic rings. The molecular formula is C18H19N3O4. The Morgan fingerprint density at radius 3 is 2.76 bits per heavy atom. The van der Waals surface area contributed by atoms with Crippen LogP contribution in [0, 0.1) is 5.92 Å². The molecule has 1 fully saturated rings. The number of aromatic nitrogens is 2. The number of aromatic amines is 1. The van der Waals surface area contributed by atoms with Gasteiger partial charge in [0.1, 0.15) is 0 Å². The van der Waals surface area contributed by atoms with Crippen LogP contribution in [-0.2, 0) is 0 Å². The van der Waals surface area contributed by atoms with Crippen molar-refractivity contribution < 1.29 is 9.90 Å². The fraction of sp³-hybridized carbons (Fsp3) is 0.389. The summed E-state index contributed by atoms with van der Waals surface area (Å²) in [6.07, 6.45) is 2.28. The van der Waals surface area contributed by atoms with Crippen molar-refractivity contribution in [3.8, 4) is 0 Å². The SMILES string of the molecule is O=C(c1ccc(=O)[nH]c1)N1C[C@H]2C[C@@H](C1)[C@H](CO)n1c2cccc1=O. The maximum absolute atomic E-state index is 12.8. The molecule has 2 aromatic heterocycles. The molecule has 0 aromatic carbocycles. The van der Waals surface area contributed by atoms with Crippen molar-refractivity contribution in [2.24, 2.45) is 5.92 Å². The predicted octanol–water partition coefficient (Wildman–Crippen LogP) is 0.329. The van der Waals surface area contributed by atoms with Crippen molar-refractivity contribution in [2.75, 3.05) is 19.7 Å². The number of carbonyl (C=O) groups is 1. The molecule has 0 saturated carbocycles. The number of hydrogen-bond acceptors (Lipinski definition) is 4. The summed E-state index contributed by atoms with van der Waals surface area (Å²) in [5.74, 6) is -0.0420. The Kier molecular flexibility index (Phi) is 3.80. The number of rotatable bonds is 2. The number of nitrogens with zero attached hydrogens (tertiary/aromatic N) is 2. The maximum atomic E-state index is 12.8. The lowest BCUT2D eigenvalue weighted by Gasteiger charge is -2.46. The summed E-state index contributed by atoms with van der Waals surface area (Å²) in [6.45, 7) is 0.880. The second kappa shape index (κ2) is 6.00. The summed E-state index contributed by atoms with van der Waals surface area (Å²) in [4.78, 5) is 40.5. The molecule has 2 aliphatic rings. The largest absolute Gasteiger partial charge is 0.394 e. The fourth-order valence-electron chi connectivity index (χ4n) is 4.17. The summed E-state index contributed by atoms with van der Waals surface area (Å²) in [5.41, 5.74) is 0.958. The summed E-state index contributed by atoms with van der Waals surface area (Å²) in [7, 11) is 0. The number of amides is 1. The molecule has 4 heterocycles. The average molecular weight is 341 g/mol. The van der Waals surface area contributed by atoms with Crippen LogP contribution in [0.3, 0.4) is 0 Å². The van der Waals surface area contributed by atoms with E-state index in [-0.39, 0.29) is 41.5 Å². The quantitative estimate of drug-likeness (QED) is 0.823. The molecular weight excluding hydrogens is 322 g/mol. The van der Waals surface area contributed by atoms with Crippen molar-refractivity contribution in [1.29, 1.82) is 0 Å². The summed E-state index contributed by atoms with van der Waals surface area (Å²) in [6, 6.07) is 7.68. The highest BCUT2D eigenvalue weighted by Crippen LogP contribution is 2.41. The molecule has 7 heteroatoms. The highest BCUT2D eigenvalue weighted by Gasteiger charge is 2.41. The van der Waals surface area contributed by atoms with E-state index < -0.39 is 0 Å². The van der Waals surface area contributed by atoms with Crippen molar-refractivity contribution in [3.05, 3.63) is 68.5 Å². The van der Waals surface area contributed by atoms with Gasteiger partial charge in [-0.1, -0.05) is 6.07 Å². The van der Waals surface area contributed by atoms with E-state index in [1.165, 1.54) is 24.4 Å². The van der Waals surface area contributed by atoms with E-state index in [4.69, 9.17) is 0 Å². The number of H-pyrrole nitrogens is 1. The van der Waals surface area contributed by atoms with Gasteiger partial charge < -0.3 is 19.6 Å². The first-order chi connectivity index (χ1) is 12.1. The van der Waals surface area contributed by atoms with Gasteiger partial charge in [0.05, 0.1) is 18.2 Å². The number of aliphatic hydroxyl groups excluding tert-OH is 1. The first-order valence-corrected chi connectivity index (χ1v) is 8.39. The van der Waals surface area contributed by atoms with E-state index >= 15 is 0 Å².